The Hall–Kier alpha value is -1.47. The fraction of sp³-hybridized carbons (Fsp3) is 0.364. The van der Waals surface area contributed by atoms with Crippen LogP contribution in [0.25, 0.3) is 0 Å². The molecule has 0 atom stereocenters. The van der Waals surface area contributed by atoms with Gasteiger partial charge < -0.3 is 5.32 Å². The van der Waals surface area contributed by atoms with Crippen LogP contribution in [0.3, 0.4) is 0 Å². The average Bonchev–Trinajstić information content (AvgIpc) is 2.12. The van der Waals surface area contributed by atoms with E-state index < -0.39 is 27.3 Å². The molecule has 1 aromatic carbocycles. The first-order valence-corrected chi connectivity index (χ1v) is 6.70. The SMILES string of the molecule is CC(C)(C)NC(=O)c1ccc(S(N)(=O)=O)cc1F. The van der Waals surface area contributed by atoms with Gasteiger partial charge in [-0.25, -0.2) is 17.9 Å². The van der Waals surface area contributed by atoms with Crippen LogP contribution in [0.4, 0.5) is 4.39 Å². The summed E-state index contributed by atoms with van der Waals surface area (Å²) in [5, 5.41) is 7.43. The van der Waals surface area contributed by atoms with Crippen molar-refractivity contribution in [2.45, 2.75) is 31.2 Å². The minimum Gasteiger partial charge on any atom is -0.347 e. The van der Waals surface area contributed by atoms with Gasteiger partial charge >= 0.3 is 0 Å². The lowest BCUT2D eigenvalue weighted by molar-refractivity contribution is 0.0915. The lowest BCUT2D eigenvalue weighted by Crippen LogP contribution is -2.40. The summed E-state index contributed by atoms with van der Waals surface area (Å²) in [4.78, 5) is 11.3. The summed E-state index contributed by atoms with van der Waals surface area (Å²) in [5.74, 6) is -1.54. The van der Waals surface area contributed by atoms with Crippen LogP contribution in [-0.2, 0) is 10.0 Å². The van der Waals surface area contributed by atoms with E-state index in [1.807, 2.05) is 0 Å². The van der Waals surface area contributed by atoms with Gasteiger partial charge in [-0.15, -0.1) is 0 Å². The second-order valence-electron chi connectivity index (χ2n) is 4.89. The monoisotopic (exact) mass is 274 g/mol. The van der Waals surface area contributed by atoms with E-state index in [0.717, 1.165) is 18.2 Å². The zero-order chi connectivity index (χ0) is 14.1. The van der Waals surface area contributed by atoms with Crippen LogP contribution in [0.5, 0.6) is 0 Å². The zero-order valence-corrected chi connectivity index (χ0v) is 11.1. The normalized spacial score (nSPS) is 12.3. The Bertz CT molecular complexity index is 576. The van der Waals surface area contributed by atoms with Gasteiger partial charge in [0, 0.05) is 5.54 Å². The second kappa shape index (κ2) is 4.66. The highest BCUT2D eigenvalue weighted by Crippen LogP contribution is 2.14. The lowest BCUT2D eigenvalue weighted by Gasteiger charge is -2.20. The zero-order valence-electron chi connectivity index (χ0n) is 10.3. The average molecular weight is 274 g/mol. The van der Waals surface area contributed by atoms with Crippen molar-refractivity contribution in [3.63, 3.8) is 0 Å². The van der Waals surface area contributed by atoms with E-state index in [1.54, 1.807) is 20.8 Å². The lowest BCUT2D eigenvalue weighted by atomic mass is 10.1. The van der Waals surface area contributed by atoms with Crippen LogP contribution in [-0.4, -0.2) is 19.9 Å². The van der Waals surface area contributed by atoms with Crippen molar-refractivity contribution < 1.29 is 17.6 Å². The first-order chi connectivity index (χ1) is 8.00. The summed E-state index contributed by atoms with van der Waals surface area (Å²) >= 11 is 0. The van der Waals surface area contributed by atoms with Gasteiger partial charge in [-0.1, -0.05) is 0 Å². The topological polar surface area (TPSA) is 89.3 Å². The van der Waals surface area contributed by atoms with Gasteiger partial charge in [0.2, 0.25) is 10.0 Å². The molecular formula is C11H15FN2O3S. The van der Waals surface area contributed by atoms with Crippen LogP contribution in [0, 0.1) is 5.82 Å². The molecule has 5 nitrogen and oxygen atoms in total. The van der Waals surface area contributed by atoms with Crippen molar-refractivity contribution in [1.29, 1.82) is 0 Å². The summed E-state index contributed by atoms with van der Waals surface area (Å²) < 4.78 is 35.6. The number of sulfonamides is 1. The molecule has 7 heteroatoms. The third-order valence-electron chi connectivity index (χ3n) is 2.00. The minimum absolute atomic E-state index is 0.225. The van der Waals surface area contributed by atoms with E-state index in [2.05, 4.69) is 5.32 Å². The number of benzene rings is 1. The minimum atomic E-state index is -3.97. The number of carbonyl (C=O) groups excluding carboxylic acids is 1. The fourth-order valence-corrected chi connectivity index (χ4v) is 1.79. The van der Waals surface area contributed by atoms with Gasteiger partial charge in [0.05, 0.1) is 10.5 Å². The molecule has 0 aliphatic heterocycles. The number of primary sulfonamides is 1. The number of nitrogens with two attached hydrogens (primary N) is 1. The molecular weight excluding hydrogens is 259 g/mol. The Kier molecular flexibility index (Phi) is 3.78. The summed E-state index contributed by atoms with van der Waals surface area (Å²) in [7, 11) is -3.97. The maximum atomic E-state index is 13.6. The molecule has 0 aliphatic rings. The van der Waals surface area contributed by atoms with E-state index in [-0.39, 0.29) is 10.5 Å². The molecule has 0 radical (unpaired) electrons. The van der Waals surface area contributed by atoms with E-state index >= 15 is 0 Å². The fourth-order valence-electron chi connectivity index (χ4n) is 1.26. The molecule has 0 saturated heterocycles. The van der Waals surface area contributed by atoms with Gasteiger partial charge in [0.15, 0.2) is 0 Å². The Balaban J connectivity index is 3.11. The van der Waals surface area contributed by atoms with E-state index in [0.29, 0.717) is 0 Å². The maximum Gasteiger partial charge on any atom is 0.254 e. The molecule has 0 unspecified atom stereocenters. The number of rotatable bonds is 2. The van der Waals surface area contributed by atoms with Crippen molar-refractivity contribution in [3.05, 3.63) is 29.6 Å². The number of amides is 1. The van der Waals surface area contributed by atoms with Gasteiger partial charge in [0.25, 0.3) is 5.91 Å². The highest BCUT2D eigenvalue weighted by Gasteiger charge is 2.20. The van der Waals surface area contributed by atoms with Crippen molar-refractivity contribution in [2.75, 3.05) is 0 Å². The number of nitrogens with one attached hydrogen (secondary N) is 1. The third kappa shape index (κ3) is 3.78. The molecule has 1 rings (SSSR count). The highest BCUT2D eigenvalue weighted by atomic mass is 32.2. The number of hydrogen-bond acceptors (Lipinski definition) is 3. The Labute approximate surface area is 105 Å². The molecule has 3 N–H and O–H groups in total. The highest BCUT2D eigenvalue weighted by molar-refractivity contribution is 7.89. The first kappa shape index (κ1) is 14.6. The Morgan fingerprint density at radius 3 is 2.28 bits per heavy atom. The van der Waals surface area contributed by atoms with E-state index in [1.165, 1.54) is 0 Å². The van der Waals surface area contributed by atoms with Crippen molar-refractivity contribution in [1.82, 2.24) is 5.32 Å². The molecule has 0 saturated carbocycles. The molecule has 1 aromatic rings. The van der Waals surface area contributed by atoms with Crippen molar-refractivity contribution in [3.8, 4) is 0 Å². The van der Waals surface area contributed by atoms with E-state index in [9.17, 15) is 17.6 Å². The largest absolute Gasteiger partial charge is 0.347 e. The third-order valence-corrected chi connectivity index (χ3v) is 2.91. The predicted molar refractivity (Wildman–Crippen MR) is 65.0 cm³/mol. The van der Waals surface area contributed by atoms with Gasteiger partial charge in [-0.05, 0) is 39.0 Å². The van der Waals surface area contributed by atoms with Crippen LogP contribution in [0.1, 0.15) is 31.1 Å². The standard InChI is InChI=1S/C11H15FN2O3S/c1-11(2,3)14-10(15)8-5-4-7(6-9(8)12)18(13,16)17/h4-6H,1-3H3,(H,14,15)(H2,13,16,17). The molecule has 0 aliphatic carbocycles. The van der Waals surface area contributed by atoms with Crippen LogP contribution >= 0.6 is 0 Å². The Morgan fingerprint density at radius 2 is 1.89 bits per heavy atom. The van der Waals surface area contributed by atoms with Gasteiger partial charge in [-0.3, -0.25) is 4.79 Å². The summed E-state index contributed by atoms with van der Waals surface area (Å²) in [6.45, 7) is 5.25. The van der Waals surface area contributed by atoms with Crippen LogP contribution in [0.15, 0.2) is 23.1 Å². The molecule has 0 spiro atoms. The number of hydrogen-bond donors (Lipinski definition) is 2. The molecule has 100 valence electrons. The van der Waals surface area contributed by atoms with E-state index in [4.69, 9.17) is 5.14 Å². The predicted octanol–water partition coefficient (Wildman–Crippen LogP) is 1.00. The molecule has 0 fully saturated rings. The maximum absolute atomic E-state index is 13.6. The first-order valence-electron chi connectivity index (χ1n) is 5.15. The van der Waals surface area contributed by atoms with Gasteiger partial charge in [0.1, 0.15) is 5.82 Å². The van der Waals surface area contributed by atoms with Crippen LogP contribution in [0.2, 0.25) is 0 Å². The summed E-state index contributed by atoms with van der Waals surface area (Å²) in [6, 6.07) is 2.92. The Morgan fingerprint density at radius 1 is 1.33 bits per heavy atom. The summed E-state index contributed by atoms with van der Waals surface area (Å²) in [5.41, 5.74) is -0.736. The second-order valence-corrected chi connectivity index (χ2v) is 6.45. The molecule has 0 aromatic heterocycles. The number of carbonyl (C=O) groups is 1. The van der Waals surface area contributed by atoms with Crippen molar-refractivity contribution in [2.24, 2.45) is 5.14 Å². The van der Waals surface area contributed by atoms with Crippen molar-refractivity contribution >= 4 is 15.9 Å². The number of halogens is 1. The molecule has 0 heterocycles. The summed E-state index contributed by atoms with van der Waals surface area (Å²) in [6.07, 6.45) is 0. The van der Waals surface area contributed by atoms with Crippen LogP contribution < -0.4 is 10.5 Å². The van der Waals surface area contributed by atoms with Gasteiger partial charge in [-0.2, -0.15) is 0 Å². The molecule has 1 amide bonds. The molecule has 0 bridgehead atoms. The smallest absolute Gasteiger partial charge is 0.254 e. The molecule has 18 heavy (non-hydrogen) atoms. The quantitative estimate of drug-likeness (QED) is 0.843.